The predicted molar refractivity (Wildman–Crippen MR) is 79.5 cm³/mol. The van der Waals surface area contributed by atoms with Gasteiger partial charge in [-0.25, -0.2) is 9.97 Å². The van der Waals surface area contributed by atoms with E-state index in [-0.39, 0.29) is 0 Å². The van der Waals surface area contributed by atoms with E-state index in [4.69, 9.17) is 0 Å². The zero-order valence-corrected chi connectivity index (χ0v) is 12.4. The Balaban J connectivity index is 1.95. The topological polar surface area (TPSA) is 41.1 Å². The molecule has 1 N–H and O–H groups in total. The molecule has 4 nitrogen and oxygen atoms in total. The molecule has 2 rings (SSSR count). The zero-order chi connectivity index (χ0) is 13.7. The SMILES string of the molecule is CCCc1cnc(C)nc1NCC(C)N1CCCC1. The zero-order valence-electron chi connectivity index (χ0n) is 12.4. The van der Waals surface area contributed by atoms with Crippen molar-refractivity contribution in [1.82, 2.24) is 14.9 Å². The molecule has 1 fully saturated rings. The van der Waals surface area contributed by atoms with Gasteiger partial charge in [0.1, 0.15) is 11.6 Å². The van der Waals surface area contributed by atoms with Crippen molar-refractivity contribution in [2.24, 2.45) is 0 Å². The third-order valence-electron chi connectivity index (χ3n) is 3.83. The van der Waals surface area contributed by atoms with Crippen molar-refractivity contribution in [1.29, 1.82) is 0 Å². The number of hydrogen-bond donors (Lipinski definition) is 1. The molecule has 1 aromatic heterocycles. The van der Waals surface area contributed by atoms with Crippen LogP contribution in [0.2, 0.25) is 0 Å². The van der Waals surface area contributed by atoms with Crippen molar-refractivity contribution in [2.45, 2.75) is 52.5 Å². The molecular formula is C15H26N4. The van der Waals surface area contributed by atoms with Crippen LogP contribution < -0.4 is 5.32 Å². The van der Waals surface area contributed by atoms with Gasteiger partial charge >= 0.3 is 0 Å². The second-order valence-corrected chi connectivity index (χ2v) is 5.51. The molecule has 0 aliphatic carbocycles. The van der Waals surface area contributed by atoms with Crippen molar-refractivity contribution in [2.75, 3.05) is 25.0 Å². The fourth-order valence-corrected chi connectivity index (χ4v) is 2.66. The lowest BCUT2D eigenvalue weighted by Gasteiger charge is -2.24. The van der Waals surface area contributed by atoms with Gasteiger partial charge in [-0.2, -0.15) is 0 Å². The fraction of sp³-hybridized carbons (Fsp3) is 0.733. The Bertz CT molecular complexity index is 399. The summed E-state index contributed by atoms with van der Waals surface area (Å²) in [5.41, 5.74) is 1.24. The molecule has 0 amide bonds. The summed E-state index contributed by atoms with van der Waals surface area (Å²) >= 11 is 0. The summed E-state index contributed by atoms with van der Waals surface area (Å²) in [6.07, 6.45) is 6.83. The molecule has 1 saturated heterocycles. The van der Waals surface area contributed by atoms with Gasteiger partial charge in [-0.05, 0) is 46.2 Å². The summed E-state index contributed by atoms with van der Waals surface area (Å²) in [4.78, 5) is 11.4. The van der Waals surface area contributed by atoms with E-state index in [9.17, 15) is 0 Å². The van der Waals surface area contributed by atoms with E-state index in [1.807, 2.05) is 13.1 Å². The van der Waals surface area contributed by atoms with Gasteiger partial charge < -0.3 is 5.32 Å². The van der Waals surface area contributed by atoms with Crippen LogP contribution in [0.25, 0.3) is 0 Å². The van der Waals surface area contributed by atoms with Gasteiger partial charge in [0, 0.05) is 24.3 Å². The first-order chi connectivity index (χ1) is 9.20. The number of hydrogen-bond acceptors (Lipinski definition) is 4. The van der Waals surface area contributed by atoms with Crippen LogP contribution in [0, 0.1) is 6.92 Å². The first kappa shape index (κ1) is 14.3. The lowest BCUT2D eigenvalue weighted by molar-refractivity contribution is 0.269. The van der Waals surface area contributed by atoms with E-state index in [2.05, 4.69) is 34.0 Å². The standard InChI is InChI=1S/C15H26N4/c1-4-7-14-11-16-13(3)18-15(14)17-10-12(2)19-8-5-6-9-19/h11-12H,4-10H2,1-3H3,(H,16,17,18). The van der Waals surface area contributed by atoms with E-state index in [1.54, 1.807) is 0 Å². The molecule has 1 aliphatic heterocycles. The molecule has 2 heterocycles. The van der Waals surface area contributed by atoms with Crippen LogP contribution >= 0.6 is 0 Å². The first-order valence-corrected chi connectivity index (χ1v) is 7.51. The summed E-state index contributed by atoms with van der Waals surface area (Å²) in [5, 5.41) is 3.52. The van der Waals surface area contributed by atoms with Crippen LogP contribution in [0.15, 0.2) is 6.20 Å². The largest absolute Gasteiger partial charge is 0.368 e. The maximum Gasteiger partial charge on any atom is 0.132 e. The summed E-state index contributed by atoms with van der Waals surface area (Å²) in [7, 11) is 0. The number of aryl methyl sites for hydroxylation is 2. The quantitative estimate of drug-likeness (QED) is 0.855. The summed E-state index contributed by atoms with van der Waals surface area (Å²) < 4.78 is 0. The van der Waals surface area contributed by atoms with Crippen molar-refractivity contribution in [3.63, 3.8) is 0 Å². The maximum atomic E-state index is 4.55. The number of aromatic nitrogens is 2. The summed E-state index contributed by atoms with van der Waals surface area (Å²) in [6.45, 7) is 9.89. The first-order valence-electron chi connectivity index (χ1n) is 7.51. The third kappa shape index (κ3) is 3.90. The van der Waals surface area contributed by atoms with Gasteiger partial charge in [0.2, 0.25) is 0 Å². The number of anilines is 1. The maximum absolute atomic E-state index is 4.55. The van der Waals surface area contributed by atoms with Crippen LogP contribution in [0.3, 0.4) is 0 Å². The van der Waals surface area contributed by atoms with Crippen LogP contribution in [0.1, 0.15) is 44.5 Å². The van der Waals surface area contributed by atoms with Gasteiger partial charge in [-0.15, -0.1) is 0 Å². The highest BCUT2D eigenvalue weighted by atomic mass is 15.2. The predicted octanol–water partition coefficient (Wildman–Crippen LogP) is 2.63. The minimum Gasteiger partial charge on any atom is -0.368 e. The van der Waals surface area contributed by atoms with Gasteiger partial charge in [0.15, 0.2) is 0 Å². The molecule has 0 saturated carbocycles. The minimum atomic E-state index is 0.576. The highest BCUT2D eigenvalue weighted by molar-refractivity contribution is 5.43. The molecule has 0 aromatic carbocycles. The average Bonchev–Trinajstić information content (AvgIpc) is 2.93. The van der Waals surface area contributed by atoms with Crippen LogP contribution in [0.4, 0.5) is 5.82 Å². The molecule has 1 aliphatic rings. The molecule has 1 atom stereocenters. The number of likely N-dealkylation sites (tertiary alicyclic amines) is 1. The van der Waals surface area contributed by atoms with E-state index in [1.165, 1.54) is 31.5 Å². The molecule has 1 unspecified atom stereocenters. The van der Waals surface area contributed by atoms with Gasteiger partial charge in [-0.1, -0.05) is 13.3 Å². The number of nitrogens with one attached hydrogen (secondary N) is 1. The molecule has 106 valence electrons. The molecule has 4 heteroatoms. The molecule has 0 spiro atoms. The smallest absolute Gasteiger partial charge is 0.132 e. The monoisotopic (exact) mass is 262 g/mol. The molecule has 0 bridgehead atoms. The second kappa shape index (κ2) is 6.85. The van der Waals surface area contributed by atoms with Gasteiger partial charge in [0.05, 0.1) is 0 Å². The Morgan fingerprint density at radius 1 is 1.37 bits per heavy atom. The van der Waals surface area contributed by atoms with Crippen LogP contribution in [-0.4, -0.2) is 40.5 Å². The van der Waals surface area contributed by atoms with Crippen molar-refractivity contribution < 1.29 is 0 Å². The lowest BCUT2D eigenvalue weighted by atomic mass is 10.2. The van der Waals surface area contributed by atoms with Crippen molar-refractivity contribution in [3.8, 4) is 0 Å². The lowest BCUT2D eigenvalue weighted by Crippen LogP contribution is -2.35. The van der Waals surface area contributed by atoms with Crippen molar-refractivity contribution in [3.05, 3.63) is 17.6 Å². The van der Waals surface area contributed by atoms with E-state index in [0.29, 0.717) is 6.04 Å². The van der Waals surface area contributed by atoms with Crippen LogP contribution in [-0.2, 0) is 6.42 Å². The summed E-state index contributed by atoms with van der Waals surface area (Å²) in [6, 6.07) is 0.576. The molecular weight excluding hydrogens is 236 g/mol. The molecule has 1 aromatic rings. The molecule has 19 heavy (non-hydrogen) atoms. The Labute approximate surface area is 116 Å². The normalized spacial score (nSPS) is 17.6. The minimum absolute atomic E-state index is 0.576. The number of rotatable bonds is 6. The Morgan fingerprint density at radius 3 is 2.79 bits per heavy atom. The van der Waals surface area contributed by atoms with E-state index < -0.39 is 0 Å². The fourth-order valence-electron chi connectivity index (χ4n) is 2.66. The Hall–Kier alpha value is -1.16. The number of nitrogens with zero attached hydrogens (tertiary/aromatic N) is 3. The Kier molecular flexibility index (Phi) is 5.14. The van der Waals surface area contributed by atoms with Crippen molar-refractivity contribution >= 4 is 5.82 Å². The average molecular weight is 262 g/mol. The third-order valence-corrected chi connectivity index (χ3v) is 3.83. The Morgan fingerprint density at radius 2 is 2.11 bits per heavy atom. The van der Waals surface area contributed by atoms with Gasteiger partial charge in [-0.3, -0.25) is 4.90 Å². The van der Waals surface area contributed by atoms with E-state index >= 15 is 0 Å². The summed E-state index contributed by atoms with van der Waals surface area (Å²) in [5.74, 6) is 1.87. The second-order valence-electron chi connectivity index (χ2n) is 5.51. The molecule has 0 radical (unpaired) electrons. The highest BCUT2D eigenvalue weighted by Gasteiger charge is 2.18. The highest BCUT2D eigenvalue weighted by Crippen LogP contribution is 2.16. The van der Waals surface area contributed by atoms with Crippen LogP contribution in [0.5, 0.6) is 0 Å². The van der Waals surface area contributed by atoms with Gasteiger partial charge in [0.25, 0.3) is 0 Å². The van der Waals surface area contributed by atoms with E-state index in [0.717, 1.165) is 31.0 Å².